The minimum Gasteiger partial charge on any atom is -0.465 e. The van der Waals surface area contributed by atoms with Crippen LogP contribution in [-0.4, -0.2) is 25.8 Å². The quantitative estimate of drug-likeness (QED) is 0.658. The average molecular weight is 230 g/mol. The Morgan fingerprint density at radius 3 is 1.94 bits per heavy atom. The van der Waals surface area contributed by atoms with Crippen LogP contribution >= 0.6 is 0 Å². The third kappa shape index (κ3) is 3.21. The summed E-state index contributed by atoms with van der Waals surface area (Å²) in [4.78, 5) is 12.1. The average Bonchev–Trinajstić information content (AvgIpc) is 2.18. The van der Waals surface area contributed by atoms with Crippen molar-refractivity contribution in [2.75, 3.05) is 19.8 Å². The molecule has 1 unspecified atom stereocenters. The van der Waals surface area contributed by atoms with Crippen LogP contribution in [0.15, 0.2) is 0 Å². The van der Waals surface area contributed by atoms with Gasteiger partial charge in [0.15, 0.2) is 0 Å². The van der Waals surface area contributed by atoms with Crippen LogP contribution in [0, 0.1) is 10.8 Å². The highest BCUT2D eigenvalue weighted by atomic mass is 16.5. The number of hydrogen-bond donors (Lipinski definition) is 0. The number of carbonyl (C=O) groups is 1. The zero-order valence-electron chi connectivity index (χ0n) is 11.6. The van der Waals surface area contributed by atoms with Crippen molar-refractivity contribution >= 4 is 5.97 Å². The number of hydrogen-bond acceptors (Lipinski definition) is 3. The van der Waals surface area contributed by atoms with E-state index in [0.717, 1.165) is 6.42 Å². The Bertz CT molecular complexity index is 218. The van der Waals surface area contributed by atoms with Gasteiger partial charge in [-0.25, -0.2) is 0 Å². The molecule has 0 saturated heterocycles. The molecule has 0 aromatic rings. The van der Waals surface area contributed by atoms with Crippen molar-refractivity contribution in [2.45, 2.75) is 48.0 Å². The smallest absolute Gasteiger partial charge is 0.314 e. The molecule has 0 heterocycles. The van der Waals surface area contributed by atoms with E-state index in [1.165, 1.54) is 0 Å². The SMILES string of the molecule is CCOCC(CC)(C(=O)OCC)C(C)(C)C. The molecule has 1 atom stereocenters. The maximum Gasteiger partial charge on any atom is 0.314 e. The van der Waals surface area contributed by atoms with Gasteiger partial charge >= 0.3 is 5.97 Å². The van der Waals surface area contributed by atoms with Crippen LogP contribution in [0.2, 0.25) is 0 Å². The summed E-state index contributed by atoms with van der Waals surface area (Å²) in [5.41, 5.74) is -0.706. The molecule has 3 nitrogen and oxygen atoms in total. The van der Waals surface area contributed by atoms with Crippen LogP contribution in [0.1, 0.15) is 48.0 Å². The summed E-state index contributed by atoms with van der Waals surface area (Å²) in [6.07, 6.45) is 0.731. The lowest BCUT2D eigenvalue weighted by molar-refractivity contribution is -0.169. The van der Waals surface area contributed by atoms with Gasteiger partial charge in [0, 0.05) is 6.61 Å². The van der Waals surface area contributed by atoms with Crippen molar-refractivity contribution in [3.05, 3.63) is 0 Å². The Hall–Kier alpha value is -0.570. The van der Waals surface area contributed by atoms with E-state index in [1.54, 1.807) is 0 Å². The zero-order valence-corrected chi connectivity index (χ0v) is 11.6. The minimum absolute atomic E-state index is 0.140. The van der Waals surface area contributed by atoms with Crippen LogP contribution in [0.4, 0.5) is 0 Å². The van der Waals surface area contributed by atoms with Gasteiger partial charge in [0.25, 0.3) is 0 Å². The first-order valence-electron chi connectivity index (χ1n) is 6.10. The van der Waals surface area contributed by atoms with E-state index >= 15 is 0 Å². The largest absolute Gasteiger partial charge is 0.465 e. The van der Waals surface area contributed by atoms with Crippen molar-refractivity contribution in [1.29, 1.82) is 0 Å². The lowest BCUT2D eigenvalue weighted by Crippen LogP contribution is -2.47. The van der Waals surface area contributed by atoms with Gasteiger partial charge in [-0.3, -0.25) is 4.79 Å². The van der Waals surface area contributed by atoms with Crippen LogP contribution < -0.4 is 0 Å². The van der Waals surface area contributed by atoms with Gasteiger partial charge in [0.05, 0.1) is 18.6 Å². The van der Waals surface area contributed by atoms with E-state index in [0.29, 0.717) is 19.8 Å². The lowest BCUT2D eigenvalue weighted by atomic mass is 9.65. The standard InChI is InChI=1S/C13H26O3/c1-7-13(10-15-8-2,12(4,5)6)11(14)16-9-3/h7-10H2,1-6H3. The third-order valence-electron chi connectivity index (χ3n) is 3.26. The summed E-state index contributed by atoms with van der Waals surface area (Å²) in [5, 5.41) is 0. The van der Waals surface area contributed by atoms with Crippen molar-refractivity contribution in [3.63, 3.8) is 0 Å². The highest BCUT2D eigenvalue weighted by molar-refractivity contribution is 5.78. The van der Waals surface area contributed by atoms with Crippen molar-refractivity contribution in [3.8, 4) is 0 Å². The Labute approximate surface area is 99.5 Å². The summed E-state index contributed by atoms with van der Waals surface area (Å²) in [5.74, 6) is -0.140. The Morgan fingerprint density at radius 2 is 1.62 bits per heavy atom. The van der Waals surface area contributed by atoms with Gasteiger partial charge in [-0.2, -0.15) is 0 Å². The summed E-state index contributed by atoms with van der Waals surface area (Å²) in [7, 11) is 0. The van der Waals surface area contributed by atoms with E-state index in [4.69, 9.17) is 9.47 Å². The Balaban J connectivity index is 5.03. The molecule has 16 heavy (non-hydrogen) atoms. The molecule has 0 spiro atoms. The molecule has 0 aromatic heterocycles. The molecule has 0 rings (SSSR count). The molecule has 0 bridgehead atoms. The first-order chi connectivity index (χ1) is 7.35. The van der Waals surface area contributed by atoms with Crippen LogP contribution in [-0.2, 0) is 14.3 Å². The Kier molecular flexibility index (Phi) is 6.01. The van der Waals surface area contributed by atoms with Crippen LogP contribution in [0.3, 0.4) is 0 Å². The zero-order chi connectivity index (χ0) is 12.8. The molecular weight excluding hydrogens is 204 g/mol. The monoisotopic (exact) mass is 230 g/mol. The Morgan fingerprint density at radius 1 is 1.06 bits per heavy atom. The minimum atomic E-state index is -0.543. The molecule has 3 heteroatoms. The fourth-order valence-corrected chi connectivity index (χ4v) is 1.90. The van der Waals surface area contributed by atoms with Crippen LogP contribution in [0.25, 0.3) is 0 Å². The van der Waals surface area contributed by atoms with E-state index in [9.17, 15) is 4.79 Å². The summed E-state index contributed by atoms with van der Waals surface area (Å²) < 4.78 is 10.7. The summed E-state index contributed by atoms with van der Waals surface area (Å²) in [6, 6.07) is 0. The molecular formula is C13H26O3. The van der Waals surface area contributed by atoms with Gasteiger partial charge in [-0.05, 0) is 25.7 Å². The molecule has 0 aliphatic carbocycles. The van der Waals surface area contributed by atoms with Crippen molar-refractivity contribution < 1.29 is 14.3 Å². The van der Waals surface area contributed by atoms with E-state index in [2.05, 4.69) is 20.8 Å². The molecule has 0 fully saturated rings. The summed E-state index contributed by atoms with van der Waals surface area (Å²) in [6.45, 7) is 13.4. The molecule has 0 aliphatic rings. The number of ether oxygens (including phenoxy) is 2. The van der Waals surface area contributed by atoms with Gasteiger partial charge in [0.1, 0.15) is 0 Å². The topological polar surface area (TPSA) is 35.5 Å². The van der Waals surface area contributed by atoms with Gasteiger partial charge in [-0.1, -0.05) is 27.7 Å². The predicted octanol–water partition coefficient (Wildman–Crippen LogP) is 3.03. The van der Waals surface area contributed by atoms with Crippen molar-refractivity contribution in [2.24, 2.45) is 10.8 Å². The molecule has 0 radical (unpaired) electrons. The summed E-state index contributed by atoms with van der Waals surface area (Å²) >= 11 is 0. The number of rotatable bonds is 6. The molecule has 0 saturated carbocycles. The second-order valence-corrected chi connectivity index (χ2v) is 5.04. The maximum absolute atomic E-state index is 12.1. The molecule has 0 amide bonds. The third-order valence-corrected chi connectivity index (χ3v) is 3.26. The second-order valence-electron chi connectivity index (χ2n) is 5.04. The van der Waals surface area contributed by atoms with Crippen molar-refractivity contribution in [1.82, 2.24) is 0 Å². The van der Waals surface area contributed by atoms with E-state index < -0.39 is 5.41 Å². The first kappa shape index (κ1) is 15.4. The van der Waals surface area contributed by atoms with Gasteiger partial charge in [0.2, 0.25) is 0 Å². The number of esters is 1. The normalized spacial score (nSPS) is 15.6. The van der Waals surface area contributed by atoms with Gasteiger partial charge in [-0.15, -0.1) is 0 Å². The molecule has 96 valence electrons. The predicted molar refractivity (Wildman–Crippen MR) is 65.3 cm³/mol. The second kappa shape index (κ2) is 6.24. The lowest BCUT2D eigenvalue weighted by Gasteiger charge is -2.41. The molecule has 0 aliphatic heterocycles. The maximum atomic E-state index is 12.1. The highest BCUT2D eigenvalue weighted by Gasteiger charge is 2.48. The first-order valence-corrected chi connectivity index (χ1v) is 6.10. The fraction of sp³-hybridized carbons (Fsp3) is 0.923. The van der Waals surface area contributed by atoms with E-state index in [-0.39, 0.29) is 11.4 Å². The molecule has 0 N–H and O–H groups in total. The van der Waals surface area contributed by atoms with Gasteiger partial charge < -0.3 is 9.47 Å². The highest BCUT2D eigenvalue weighted by Crippen LogP contribution is 2.43. The number of carbonyl (C=O) groups excluding carboxylic acids is 1. The van der Waals surface area contributed by atoms with E-state index in [1.807, 2.05) is 20.8 Å². The molecule has 0 aromatic carbocycles. The fourth-order valence-electron chi connectivity index (χ4n) is 1.90. The van der Waals surface area contributed by atoms with Crippen LogP contribution in [0.5, 0.6) is 0 Å².